The number of aliphatic hydroxyl groups is 1. The summed E-state index contributed by atoms with van der Waals surface area (Å²) in [6.45, 7) is 6.25. The van der Waals surface area contributed by atoms with Gasteiger partial charge in [-0.05, 0) is 32.9 Å². The lowest BCUT2D eigenvalue weighted by Gasteiger charge is -2.32. The minimum Gasteiger partial charge on any atom is -0.389 e. The van der Waals surface area contributed by atoms with E-state index in [0.717, 1.165) is 32.5 Å². The first-order valence-electron chi connectivity index (χ1n) is 6.90. The predicted octanol–water partition coefficient (Wildman–Crippen LogP) is 0.848. The van der Waals surface area contributed by atoms with E-state index in [0.29, 0.717) is 19.2 Å². The highest BCUT2D eigenvalue weighted by Crippen LogP contribution is 2.08. The summed E-state index contributed by atoms with van der Waals surface area (Å²) in [5.74, 6) is 0. The first-order valence-corrected chi connectivity index (χ1v) is 6.90. The number of hydrogen-bond donors (Lipinski definition) is 2. The van der Waals surface area contributed by atoms with Gasteiger partial charge in [-0.3, -0.25) is 4.90 Å². The van der Waals surface area contributed by atoms with E-state index in [2.05, 4.69) is 24.2 Å². The molecule has 0 amide bonds. The molecule has 4 nitrogen and oxygen atoms in total. The Balaban J connectivity index is 2.09. The Morgan fingerprint density at radius 2 is 2.35 bits per heavy atom. The largest absolute Gasteiger partial charge is 0.389 e. The molecule has 0 radical (unpaired) electrons. The minimum atomic E-state index is -0.362. The van der Waals surface area contributed by atoms with Crippen LogP contribution in [-0.2, 0) is 4.74 Å². The van der Waals surface area contributed by atoms with E-state index in [1.165, 1.54) is 12.8 Å². The Morgan fingerprint density at radius 3 is 3.00 bits per heavy atom. The van der Waals surface area contributed by atoms with Crippen LogP contribution < -0.4 is 5.32 Å². The molecule has 0 aromatic heterocycles. The van der Waals surface area contributed by atoms with E-state index in [1.54, 1.807) is 0 Å². The number of nitrogens with zero attached hydrogens (tertiary/aromatic N) is 1. The van der Waals surface area contributed by atoms with E-state index in [4.69, 9.17) is 4.74 Å². The Morgan fingerprint density at radius 1 is 1.53 bits per heavy atom. The van der Waals surface area contributed by atoms with Gasteiger partial charge in [-0.2, -0.15) is 0 Å². The number of rotatable bonds is 8. The molecule has 102 valence electrons. The van der Waals surface area contributed by atoms with Crippen molar-refractivity contribution >= 4 is 0 Å². The van der Waals surface area contributed by atoms with Gasteiger partial charge in [-0.25, -0.2) is 0 Å². The van der Waals surface area contributed by atoms with Crippen LogP contribution in [0.5, 0.6) is 0 Å². The molecule has 0 saturated carbocycles. The quantitative estimate of drug-likeness (QED) is 0.621. The van der Waals surface area contributed by atoms with Gasteiger partial charge in [0.2, 0.25) is 0 Å². The number of unbranched alkanes of at least 4 members (excludes halogenated alkanes) is 1. The second-order valence-corrected chi connectivity index (χ2v) is 5.02. The van der Waals surface area contributed by atoms with Gasteiger partial charge in [-0.1, -0.05) is 13.3 Å². The van der Waals surface area contributed by atoms with Crippen molar-refractivity contribution in [2.24, 2.45) is 0 Å². The molecule has 0 spiro atoms. The molecule has 1 saturated heterocycles. The highest BCUT2D eigenvalue weighted by Gasteiger charge is 2.19. The maximum atomic E-state index is 9.86. The number of ether oxygens (including phenoxy) is 1. The van der Waals surface area contributed by atoms with Gasteiger partial charge < -0.3 is 15.2 Å². The SMILES string of the molecule is CCCCOCC(O)CN(C)C1CCCNC1. The first-order chi connectivity index (χ1) is 8.24. The van der Waals surface area contributed by atoms with Crippen LogP contribution in [0, 0.1) is 0 Å². The summed E-state index contributed by atoms with van der Waals surface area (Å²) < 4.78 is 5.43. The van der Waals surface area contributed by atoms with Gasteiger partial charge in [0.05, 0.1) is 12.7 Å². The maximum Gasteiger partial charge on any atom is 0.0900 e. The second-order valence-electron chi connectivity index (χ2n) is 5.02. The van der Waals surface area contributed by atoms with Gasteiger partial charge in [0.25, 0.3) is 0 Å². The molecule has 4 heteroatoms. The van der Waals surface area contributed by atoms with Crippen LogP contribution in [-0.4, -0.2) is 62.0 Å². The fourth-order valence-electron chi connectivity index (χ4n) is 2.21. The molecule has 2 unspecified atom stereocenters. The normalized spacial score (nSPS) is 22.9. The van der Waals surface area contributed by atoms with Crippen molar-refractivity contribution in [3.63, 3.8) is 0 Å². The summed E-state index contributed by atoms with van der Waals surface area (Å²) >= 11 is 0. The Hall–Kier alpha value is -0.160. The highest BCUT2D eigenvalue weighted by molar-refractivity contribution is 4.77. The fourth-order valence-corrected chi connectivity index (χ4v) is 2.21. The van der Waals surface area contributed by atoms with Crippen LogP contribution in [0.15, 0.2) is 0 Å². The zero-order valence-corrected chi connectivity index (χ0v) is 11.3. The van der Waals surface area contributed by atoms with Crippen LogP contribution >= 0.6 is 0 Å². The summed E-state index contributed by atoms with van der Waals surface area (Å²) in [7, 11) is 2.09. The van der Waals surface area contributed by atoms with Crippen LogP contribution in [0.25, 0.3) is 0 Å². The van der Waals surface area contributed by atoms with Crippen LogP contribution in [0.4, 0.5) is 0 Å². The number of likely N-dealkylation sites (N-methyl/N-ethyl adjacent to an activating group) is 1. The maximum absolute atomic E-state index is 9.86. The average molecular weight is 244 g/mol. The van der Waals surface area contributed by atoms with Crippen LogP contribution in [0.2, 0.25) is 0 Å². The monoisotopic (exact) mass is 244 g/mol. The summed E-state index contributed by atoms with van der Waals surface area (Å²) in [5.41, 5.74) is 0. The molecule has 1 rings (SSSR count). The van der Waals surface area contributed by atoms with Gasteiger partial charge in [0.1, 0.15) is 0 Å². The number of nitrogens with one attached hydrogen (secondary N) is 1. The lowest BCUT2D eigenvalue weighted by Crippen LogP contribution is -2.47. The van der Waals surface area contributed by atoms with E-state index in [1.807, 2.05) is 0 Å². The van der Waals surface area contributed by atoms with Crippen LogP contribution in [0.3, 0.4) is 0 Å². The molecular weight excluding hydrogens is 216 g/mol. The number of piperidine rings is 1. The highest BCUT2D eigenvalue weighted by atomic mass is 16.5. The van der Waals surface area contributed by atoms with Crippen LogP contribution in [0.1, 0.15) is 32.6 Å². The molecule has 1 fully saturated rings. The van der Waals surface area contributed by atoms with Gasteiger partial charge in [0.15, 0.2) is 0 Å². The third-order valence-electron chi connectivity index (χ3n) is 3.35. The topological polar surface area (TPSA) is 44.7 Å². The molecule has 1 aliphatic heterocycles. The smallest absolute Gasteiger partial charge is 0.0900 e. The molecule has 0 aliphatic carbocycles. The zero-order chi connectivity index (χ0) is 12.5. The lowest BCUT2D eigenvalue weighted by molar-refractivity contribution is 0.0115. The molecular formula is C13H28N2O2. The molecule has 17 heavy (non-hydrogen) atoms. The van der Waals surface area contributed by atoms with Gasteiger partial charge >= 0.3 is 0 Å². The molecule has 0 bridgehead atoms. The summed E-state index contributed by atoms with van der Waals surface area (Å²) in [5, 5.41) is 13.3. The standard InChI is InChI=1S/C13H28N2O2/c1-3-4-8-17-11-13(16)10-15(2)12-6-5-7-14-9-12/h12-14,16H,3-11H2,1-2H3. The predicted molar refractivity (Wildman–Crippen MR) is 70.3 cm³/mol. The van der Waals surface area contributed by atoms with Crippen molar-refractivity contribution < 1.29 is 9.84 Å². The molecule has 1 heterocycles. The third kappa shape index (κ3) is 6.36. The van der Waals surface area contributed by atoms with Crippen molar-refractivity contribution in [3.8, 4) is 0 Å². The first kappa shape index (κ1) is 14.9. The van der Waals surface area contributed by atoms with Crippen molar-refractivity contribution in [1.29, 1.82) is 0 Å². The Bertz CT molecular complexity index is 184. The number of aliphatic hydroxyl groups excluding tert-OH is 1. The fraction of sp³-hybridized carbons (Fsp3) is 1.00. The van der Waals surface area contributed by atoms with Crippen molar-refractivity contribution in [2.45, 2.75) is 44.8 Å². The van der Waals surface area contributed by atoms with E-state index in [9.17, 15) is 5.11 Å². The van der Waals surface area contributed by atoms with Crippen molar-refractivity contribution in [3.05, 3.63) is 0 Å². The lowest BCUT2D eigenvalue weighted by atomic mass is 10.1. The molecule has 2 atom stereocenters. The van der Waals surface area contributed by atoms with E-state index in [-0.39, 0.29) is 6.10 Å². The average Bonchev–Trinajstić information content (AvgIpc) is 2.36. The molecule has 1 aliphatic rings. The van der Waals surface area contributed by atoms with E-state index < -0.39 is 0 Å². The third-order valence-corrected chi connectivity index (χ3v) is 3.35. The minimum absolute atomic E-state index is 0.362. The van der Waals surface area contributed by atoms with Gasteiger partial charge in [0, 0.05) is 25.7 Å². The molecule has 0 aromatic carbocycles. The Kier molecular flexibility index (Phi) is 7.77. The second kappa shape index (κ2) is 8.86. The summed E-state index contributed by atoms with van der Waals surface area (Å²) in [6, 6.07) is 0.564. The van der Waals surface area contributed by atoms with Crippen molar-refractivity contribution in [2.75, 3.05) is 39.9 Å². The molecule has 0 aromatic rings. The number of hydrogen-bond acceptors (Lipinski definition) is 4. The van der Waals surface area contributed by atoms with Gasteiger partial charge in [-0.15, -0.1) is 0 Å². The zero-order valence-electron chi connectivity index (χ0n) is 11.3. The molecule has 2 N–H and O–H groups in total. The van der Waals surface area contributed by atoms with Crippen molar-refractivity contribution in [1.82, 2.24) is 10.2 Å². The van der Waals surface area contributed by atoms with E-state index >= 15 is 0 Å². The Labute approximate surface area is 105 Å². The summed E-state index contributed by atoms with van der Waals surface area (Å²) in [6.07, 6.45) is 4.32. The summed E-state index contributed by atoms with van der Waals surface area (Å²) in [4.78, 5) is 2.25.